The number of carbonyl (C=O) groups is 2. The van der Waals surface area contributed by atoms with Crippen LogP contribution in [0.15, 0.2) is 42.7 Å². The molecule has 0 saturated carbocycles. The number of allylic oxidation sites excluding steroid dienone is 1. The van der Waals surface area contributed by atoms with Gasteiger partial charge in [0.25, 0.3) is 5.91 Å². The summed E-state index contributed by atoms with van der Waals surface area (Å²) in [7, 11) is 0. The van der Waals surface area contributed by atoms with Crippen molar-refractivity contribution in [2.24, 2.45) is 5.92 Å². The average Bonchev–Trinajstić information content (AvgIpc) is 3.15. The number of nitrogens with one attached hydrogen (secondary N) is 1. The van der Waals surface area contributed by atoms with Gasteiger partial charge in [-0.3, -0.25) is 9.59 Å². The number of benzene rings is 1. The van der Waals surface area contributed by atoms with Gasteiger partial charge < -0.3 is 15.3 Å². The first kappa shape index (κ1) is 24.5. The molecule has 0 bridgehead atoms. The van der Waals surface area contributed by atoms with Crippen LogP contribution in [0, 0.1) is 5.92 Å². The molecule has 4 rings (SSSR count). The second-order valence-corrected chi connectivity index (χ2v) is 10.6. The van der Waals surface area contributed by atoms with E-state index in [0.717, 1.165) is 31.5 Å². The highest BCUT2D eigenvalue weighted by Crippen LogP contribution is 2.32. The molecule has 1 fully saturated rings. The topological polar surface area (TPSA) is 73.5 Å². The Hall–Kier alpha value is -2.64. The minimum atomic E-state index is -0.250. The number of rotatable bonds is 7. The summed E-state index contributed by atoms with van der Waals surface area (Å²) in [5.41, 5.74) is 6.21. The van der Waals surface area contributed by atoms with E-state index in [1.807, 2.05) is 10.8 Å². The van der Waals surface area contributed by atoms with E-state index >= 15 is 0 Å². The quantitative estimate of drug-likeness (QED) is 0.471. The number of β-amino-alcohol motifs (C(OH)–C–C–N with tert-alkyl or cyclic N) is 1. The number of aromatic nitrogens is 1. The highest BCUT2D eigenvalue weighted by molar-refractivity contribution is 8.13. The summed E-state index contributed by atoms with van der Waals surface area (Å²) in [6.45, 7) is 6.00. The summed E-state index contributed by atoms with van der Waals surface area (Å²) < 4.78 is 1.94. The van der Waals surface area contributed by atoms with Gasteiger partial charge in [0, 0.05) is 55.5 Å². The monoisotopic (exact) mass is 480 g/mol. The van der Waals surface area contributed by atoms with Crippen molar-refractivity contribution < 1.29 is 19.3 Å². The normalized spacial score (nSPS) is 20.9. The van der Waals surface area contributed by atoms with Crippen LogP contribution in [0.25, 0.3) is 11.6 Å². The molecule has 0 spiro atoms. The lowest BCUT2D eigenvalue weighted by Gasteiger charge is -2.19. The fraction of sp³-hybridized carbons (Fsp3) is 0.444. The van der Waals surface area contributed by atoms with Gasteiger partial charge >= 0.3 is 0 Å². The van der Waals surface area contributed by atoms with Crippen molar-refractivity contribution in [1.82, 2.24) is 5.32 Å². The fourth-order valence-corrected chi connectivity index (χ4v) is 5.20. The van der Waals surface area contributed by atoms with Crippen molar-refractivity contribution in [3.05, 3.63) is 59.4 Å². The average molecular weight is 481 g/mol. The fourth-order valence-electron chi connectivity index (χ4n) is 4.70. The number of hydrogen-bond acceptors (Lipinski definition) is 5. The Kier molecular flexibility index (Phi) is 8.06. The molecule has 7 heteroatoms. The van der Waals surface area contributed by atoms with E-state index in [1.165, 1.54) is 40.9 Å². The summed E-state index contributed by atoms with van der Waals surface area (Å²) in [4.78, 5) is 25.5. The van der Waals surface area contributed by atoms with Crippen molar-refractivity contribution in [1.29, 1.82) is 0 Å². The number of aliphatic hydroxyl groups is 1. The van der Waals surface area contributed by atoms with Crippen molar-refractivity contribution in [2.75, 3.05) is 30.3 Å². The van der Waals surface area contributed by atoms with E-state index < -0.39 is 0 Å². The van der Waals surface area contributed by atoms with Crippen LogP contribution >= 0.6 is 11.8 Å². The SMILES string of the molecule is CC(=O)SCCNC(=O)C[n+]1ccc2c(c1)CCC/C2=C\c1ccc(N2CC(C)C(O)C2)cc1. The zero-order valence-electron chi connectivity index (χ0n) is 20.0. The molecule has 2 aromatic rings. The van der Waals surface area contributed by atoms with E-state index in [1.54, 1.807) is 0 Å². The van der Waals surface area contributed by atoms with Crippen LogP contribution in [-0.4, -0.2) is 47.6 Å². The molecule has 0 radical (unpaired) electrons. The number of fused-ring (bicyclic) bond motifs is 1. The maximum Gasteiger partial charge on any atom is 0.286 e. The number of aryl methyl sites for hydroxylation is 1. The van der Waals surface area contributed by atoms with Crippen molar-refractivity contribution in [3.8, 4) is 0 Å². The molecule has 34 heavy (non-hydrogen) atoms. The van der Waals surface area contributed by atoms with E-state index in [-0.39, 0.29) is 23.7 Å². The molecular weight excluding hydrogens is 446 g/mol. The Morgan fingerprint density at radius 3 is 2.71 bits per heavy atom. The first-order chi connectivity index (χ1) is 16.4. The molecular formula is C27H34N3O3S+. The summed E-state index contributed by atoms with van der Waals surface area (Å²) in [5, 5.41) is 13.0. The molecule has 2 unspecified atom stereocenters. The number of hydrogen-bond donors (Lipinski definition) is 2. The van der Waals surface area contributed by atoms with Crippen LogP contribution in [0.3, 0.4) is 0 Å². The predicted octanol–water partition coefficient (Wildman–Crippen LogP) is 3.06. The van der Waals surface area contributed by atoms with Crippen molar-refractivity contribution in [3.63, 3.8) is 0 Å². The molecule has 1 aromatic carbocycles. The molecule has 1 saturated heterocycles. The van der Waals surface area contributed by atoms with Gasteiger partial charge in [0.15, 0.2) is 17.5 Å². The second-order valence-electron chi connectivity index (χ2n) is 9.31. The maximum atomic E-state index is 12.2. The van der Waals surface area contributed by atoms with Gasteiger partial charge in [-0.25, -0.2) is 0 Å². The minimum absolute atomic E-state index is 0.0410. The zero-order chi connectivity index (χ0) is 24.1. The lowest BCUT2D eigenvalue weighted by atomic mass is 9.87. The summed E-state index contributed by atoms with van der Waals surface area (Å²) in [5.74, 6) is 0.866. The standard InChI is InChI=1S/C27H33N3O3S/c1-19-15-30(17-26(19)32)24-8-6-21(7-9-24)14-22-4-3-5-23-16-29(12-10-25(22)23)18-27(33)28-11-13-34-20(2)31/h6-10,12,14,16,19,26,32H,3-5,11,13,15,17-18H2,1-2H3/p+1. The summed E-state index contributed by atoms with van der Waals surface area (Å²) >= 11 is 1.23. The molecule has 2 heterocycles. The molecule has 1 amide bonds. The van der Waals surface area contributed by atoms with Crippen LogP contribution in [0.1, 0.15) is 43.4 Å². The first-order valence-corrected chi connectivity index (χ1v) is 13.0. The largest absolute Gasteiger partial charge is 0.391 e. The first-order valence-electron chi connectivity index (χ1n) is 12.0. The highest BCUT2D eigenvalue weighted by Gasteiger charge is 2.27. The van der Waals surface area contributed by atoms with E-state index in [2.05, 4.69) is 59.7 Å². The summed E-state index contributed by atoms with van der Waals surface area (Å²) in [6.07, 6.45) is 9.24. The Morgan fingerprint density at radius 1 is 1.21 bits per heavy atom. The van der Waals surface area contributed by atoms with Gasteiger partial charge in [0.2, 0.25) is 6.54 Å². The van der Waals surface area contributed by atoms with Crippen molar-refractivity contribution in [2.45, 2.75) is 45.8 Å². The second kappa shape index (κ2) is 11.2. The Balaban J connectivity index is 1.40. The van der Waals surface area contributed by atoms with Gasteiger partial charge in [0.05, 0.1) is 6.10 Å². The smallest absolute Gasteiger partial charge is 0.286 e. The third-order valence-corrected chi connectivity index (χ3v) is 7.38. The highest BCUT2D eigenvalue weighted by atomic mass is 32.2. The molecule has 1 aliphatic carbocycles. The molecule has 2 N–H and O–H groups in total. The number of pyridine rings is 1. The molecule has 2 aliphatic rings. The number of amides is 1. The lowest BCUT2D eigenvalue weighted by Crippen LogP contribution is -2.43. The lowest BCUT2D eigenvalue weighted by molar-refractivity contribution is -0.684. The number of thioether (sulfide) groups is 1. The van der Waals surface area contributed by atoms with Crippen LogP contribution in [0.4, 0.5) is 5.69 Å². The Labute approximate surface area is 206 Å². The van der Waals surface area contributed by atoms with E-state index in [9.17, 15) is 14.7 Å². The number of anilines is 1. The molecule has 1 aliphatic heterocycles. The minimum Gasteiger partial charge on any atom is -0.391 e. The van der Waals surface area contributed by atoms with Gasteiger partial charge in [-0.1, -0.05) is 36.9 Å². The number of carbonyl (C=O) groups excluding carboxylic acids is 2. The third kappa shape index (κ3) is 6.27. The van der Waals surface area contributed by atoms with Crippen LogP contribution in [0.5, 0.6) is 0 Å². The Bertz CT molecular complexity index is 1060. The maximum absolute atomic E-state index is 12.2. The molecule has 2 atom stereocenters. The van der Waals surface area contributed by atoms with Gasteiger partial charge in [0.1, 0.15) is 0 Å². The molecule has 180 valence electrons. The van der Waals surface area contributed by atoms with E-state index in [0.29, 0.717) is 24.8 Å². The van der Waals surface area contributed by atoms with Crippen molar-refractivity contribution >= 4 is 40.1 Å². The number of nitrogens with zero attached hydrogens (tertiary/aromatic N) is 2. The van der Waals surface area contributed by atoms with Crippen LogP contribution in [0.2, 0.25) is 0 Å². The van der Waals surface area contributed by atoms with Gasteiger partial charge in [-0.2, -0.15) is 4.57 Å². The van der Waals surface area contributed by atoms with Crippen LogP contribution < -0.4 is 14.8 Å². The van der Waals surface area contributed by atoms with Gasteiger partial charge in [-0.05, 0) is 48.1 Å². The number of aliphatic hydroxyl groups excluding tert-OH is 1. The summed E-state index contributed by atoms with van der Waals surface area (Å²) in [6, 6.07) is 10.7. The van der Waals surface area contributed by atoms with Crippen LogP contribution in [-0.2, 0) is 22.6 Å². The molecule has 1 aromatic heterocycles. The van der Waals surface area contributed by atoms with Gasteiger partial charge in [-0.15, -0.1) is 0 Å². The van der Waals surface area contributed by atoms with E-state index in [4.69, 9.17) is 0 Å². The predicted molar refractivity (Wildman–Crippen MR) is 137 cm³/mol. The third-order valence-electron chi connectivity index (χ3n) is 6.57. The molecule has 6 nitrogen and oxygen atoms in total. The Morgan fingerprint density at radius 2 is 2.00 bits per heavy atom. The zero-order valence-corrected chi connectivity index (χ0v) is 20.8.